The lowest BCUT2D eigenvalue weighted by molar-refractivity contribution is -0.146. The Bertz CT molecular complexity index is 296. The van der Waals surface area contributed by atoms with Gasteiger partial charge in [0.1, 0.15) is 5.54 Å². The van der Waals surface area contributed by atoms with E-state index in [0.29, 0.717) is 19.4 Å². The summed E-state index contributed by atoms with van der Waals surface area (Å²) in [5.74, 6) is 0. The summed E-state index contributed by atoms with van der Waals surface area (Å²) in [5.41, 5.74) is -0.786. The van der Waals surface area contributed by atoms with Crippen LogP contribution in [0.1, 0.15) is 40.5 Å². The van der Waals surface area contributed by atoms with Crippen LogP contribution < -0.4 is 5.32 Å². The molecule has 0 radical (unpaired) electrons. The minimum atomic E-state index is -4.19. The molecular weight excluding hydrogens is 255 g/mol. The van der Waals surface area contributed by atoms with E-state index in [1.54, 1.807) is 6.92 Å². The Morgan fingerprint density at radius 2 is 1.84 bits per heavy atom. The first kappa shape index (κ1) is 18.2. The molecular formula is C13H24F3N3. The van der Waals surface area contributed by atoms with Crippen LogP contribution in [0.2, 0.25) is 0 Å². The molecule has 0 aliphatic carbocycles. The number of halogens is 3. The molecule has 0 amide bonds. The number of nitriles is 1. The Hall–Kier alpha value is -0.800. The SMILES string of the molecule is CCCN(CCC(C)(C#N)NC(C)C)CC(F)(F)F. The molecule has 1 N–H and O–H groups in total. The van der Waals surface area contributed by atoms with E-state index in [9.17, 15) is 13.2 Å². The number of hydrogen-bond donors (Lipinski definition) is 1. The van der Waals surface area contributed by atoms with Crippen molar-refractivity contribution in [2.24, 2.45) is 0 Å². The van der Waals surface area contributed by atoms with Crippen LogP contribution >= 0.6 is 0 Å². The second kappa shape index (κ2) is 7.71. The highest BCUT2D eigenvalue weighted by Crippen LogP contribution is 2.18. The van der Waals surface area contributed by atoms with E-state index in [1.165, 1.54) is 4.90 Å². The summed E-state index contributed by atoms with van der Waals surface area (Å²) in [7, 11) is 0. The summed E-state index contributed by atoms with van der Waals surface area (Å²) in [5, 5.41) is 12.3. The third kappa shape index (κ3) is 8.84. The molecule has 0 fully saturated rings. The molecule has 0 saturated heterocycles. The van der Waals surface area contributed by atoms with Gasteiger partial charge in [-0.25, -0.2) is 0 Å². The highest BCUT2D eigenvalue weighted by molar-refractivity contribution is 5.04. The molecule has 6 heteroatoms. The van der Waals surface area contributed by atoms with Crippen LogP contribution in [0.25, 0.3) is 0 Å². The van der Waals surface area contributed by atoms with Crippen molar-refractivity contribution < 1.29 is 13.2 Å². The van der Waals surface area contributed by atoms with E-state index >= 15 is 0 Å². The average molecular weight is 279 g/mol. The predicted octanol–water partition coefficient (Wildman–Crippen LogP) is 2.93. The van der Waals surface area contributed by atoms with Crippen molar-refractivity contribution in [1.29, 1.82) is 5.26 Å². The van der Waals surface area contributed by atoms with Crippen molar-refractivity contribution in [3.05, 3.63) is 0 Å². The lowest BCUT2D eigenvalue weighted by Gasteiger charge is -2.30. The van der Waals surface area contributed by atoms with Crippen molar-refractivity contribution in [2.45, 2.75) is 58.3 Å². The first-order valence-corrected chi connectivity index (χ1v) is 6.60. The van der Waals surface area contributed by atoms with Crippen LogP contribution in [-0.2, 0) is 0 Å². The summed E-state index contributed by atoms with van der Waals surface area (Å²) in [6.07, 6.45) is -3.15. The topological polar surface area (TPSA) is 39.1 Å². The fraction of sp³-hybridized carbons (Fsp3) is 0.923. The zero-order chi connectivity index (χ0) is 15.1. The Labute approximate surface area is 113 Å². The van der Waals surface area contributed by atoms with Gasteiger partial charge >= 0.3 is 6.18 Å². The fourth-order valence-electron chi connectivity index (χ4n) is 2.02. The third-order valence-corrected chi connectivity index (χ3v) is 2.72. The molecule has 0 saturated carbocycles. The number of rotatable bonds is 8. The van der Waals surface area contributed by atoms with E-state index < -0.39 is 18.3 Å². The van der Waals surface area contributed by atoms with Gasteiger partial charge in [0.15, 0.2) is 0 Å². The van der Waals surface area contributed by atoms with Gasteiger partial charge in [-0.15, -0.1) is 0 Å². The molecule has 0 aliphatic rings. The van der Waals surface area contributed by atoms with Gasteiger partial charge < -0.3 is 0 Å². The monoisotopic (exact) mass is 279 g/mol. The van der Waals surface area contributed by atoms with Crippen LogP contribution in [0.3, 0.4) is 0 Å². The second-order valence-corrected chi connectivity index (χ2v) is 5.38. The summed E-state index contributed by atoms with van der Waals surface area (Å²) in [4.78, 5) is 1.36. The Morgan fingerprint density at radius 3 is 2.21 bits per heavy atom. The summed E-state index contributed by atoms with van der Waals surface area (Å²) in [6.45, 7) is 7.14. The van der Waals surface area contributed by atoms with Crippen molar-refractivity contribution in [3.8, 4) is 6.07 Å². The maximum Gasteiger partial charge on any atom is 0.401 e. The van der Waals surface area contributed by atoms with Gasteiger partial charge in [0.05, 0.1) is 12.6 Å². The Kier molecular flexibility index (Phi) is 7.38. The second-order valence-electron chi connectivity index (χ2n) is 5.38. The van der Waals surface area contributed by atoms with E-state index in [-0.39, 0.29) is 12.6 Å². The lowest BCUT2D eigenvalue weighted by atomic mass is 9.98. The maximum absolute atomic E-state index is 12.4. The minimum absolute atomic E-state index is 0.117. The molecule has 0 aliphatic heterocycles. The fourth-order valence-corrected chi connectivity index (χ4v) is 2.02. The predicted molar refractivity (Wildman–Crippen MR) is 69.7 cm³/mol. The van der Waals surface area contributed by atoms with Crippen LogP contribution in [0.4, 0.5) is 13.2 Å². The summed E-state index contributed by atoms with van der Waals surface area (Å²) < 4.78 is 37.3. The smallest absolute Gasteiger partial charge is 0.297 e. The van der Waals surface area contributed by atoms with Crippen LogP contribution in [0, 0.1) is 11.3 Å². The summed E-state index contributed by atoms with van der Waals surface area (Å²) in [6, 6.07) is 2.27. The van der Waals surface area contributed by atoms with Gasteiger partial charge in [0.2, 0.25) is 0 Å². The van der Waals surface area contributed by atoms with Gasteiger partial charge in [-0.2, -0.15) is 18.4 Å². The molecule has 0 aromatic rings. The lowest BCUT2D eigenvalue weighted by Crippen LogP contribution is -2.48. The van der Waals surface area contributed by atoms with Crippen LogP contribution in [0.15, 0.2) is 0 Å². The third-order valence-electron chi connectivity index (χ3n) is 2.72. The highest BCUT2D eigenvalue weighted by Gasteiger charge is 2.32. The van der Waals surface area contributed by atoms with Gasteiger partial charge in [0, 0.05) is 12.6 Å². The molecule has 0 aromatic carbocycles. The normalized spacial score (nSPS) is 15.6. The van der Waals surface area contributed by atoms with Gasteiger partial charge in [-0.1, -0.05) is 6.92 Å². The zero-order valence-corrected chi connectivity index (χ0v) is 12.1. The van der Waals surface area contributed by atoms with Crippen molar-refractivity contribution in [2.75, 3.05) is 19.6 Å². The standard InChI is InChI=1S/C13H24F3N3/c1-5-7-19(10-13(14,15)16)8-6-12(4,9-17)18-11(2)3/h11,18H,5-8,10H2,1-4H3. The van der Waals surface area contributed by atoms with Crippen LogP contribution in [0.5, 0.6) is 0 Å². The Balaban J connectivity index is 4.48. The number of hydrogen-bond acceptors (Lipinski definition) is 3. The minimum Gasteiger partial charge on any atom is -0.297 e. The average Bonchev–Trinajstić information content (AvgIpc) is 2.23. The van der Waals surface area contributed by atoms with Gasteiger partial charge in [0.25, 0.3) is 0 Å². The molecule has 0 heterocycles. The molecule has 3 nitrogen and oxygen atoms in total. The maximum atomic E-state index is 12.4. The Morgan fingerprint density at radius 1 is 1.26 bits per heavy atom. The van der Waals surface area contributed by atoms with E-state index in [4.69, 9.17) is 5.26 Å². The molecule has 0 rings (SSSR count). The van der Waals surface area contributed by atoms with Gasteiger partial charge in [-0.05, 0) is 40.2 Å². The first-order valence-electron chi connectivity index (χ1n) is 6.60. The van der Waals surface area contributed by atoms with E-state index in [0.717, 1.165) is 0 Å². The van der Waals surface area contributed by atoms with Gasteiger partial charge in [-0.3, -0.25) is 10.2 Å². The molecule has 1 unspecified atom stereocenters. The molecule has 19 heavy (non-hydrogen) atoms. The molecule has 0 aromatic heterocycles. The molecule has 112 valence electrons. The zero-order valence-electron chi connectivity index (χ0n) is 12.1. The molecule has 0 spiro atoms. The number of alkyl halides is 3. The quantitative estimate of drug-likeness (QED) is 0.742. The molecule has 1 atom stereocenters. The first-order chi connectivity index (χ1) is 8.62. The number of nitrogens with zero attached hydrogens (tertiary/aromatic N) is 2. The van der Waals surface area contributed by atoms with Crippen molar-refractivity contribution in [3.63, 3.8) is 0 Å². The van der Waals surface area contributed by atoms with Crippen molar-refractivity contribution >= 4 is 0 Å². The number of nitrogens with one attached hydrogen (secondary N) is 1. The van der Waals surface area contributed by atoms with Crippen LogP contribution in [-0.4, -0.2) is 42.3 Å². The van der Waals surface area contributed by atoms with E-state index in [2.05, 4.69) is 11.4 Å². The molecule has 0 bridgehead atoms. The highest BCUT2D eigenvalue weighted by atomic mass is 19.4. The van der Waals surface area contributed by atoms with E-state index in [1.807, 2.05) is 20.8 Å². The summed E-state index contributed by atoms with van der Waals surface area (Å²) >= 11 is 0. The van der Waals surface area contributed by atoms with Crippen molar-refractivity contribution in [1.82, 2.24) is 10.2 Å². The largest absolute Gasteiger partial charge is 0.401 e.